The number of ether oxygens (including phenoxy) is 1. The van der Waals surface area contributed by atoms with Gasteiger partial charge in [-0.25, -0.2) is 4.39 Å². The van der Waals surface area contributed by atoms with Crippen LogP contribution in [-0.4, -0.2) is 55.2 Å². The van der Waals surface area contributed by atoms with Gasteiger partial charge >= 0.3 is 0 Å². The summed E-state index contributed by atoms with van der Waals surface area (Å²) in [5.74, 6) is -1.05. The molecular weight excluding hydrogens is 315 g/mol. The second kappa shape index (κ2) is 6.49. The predicted octanol–water partition coefficient (Wildman–Crippen LogP) is 0.543. The third kappa shape index (κ3) is 2.67. The lowest BCUT2D eigenvalue weighted by Crippen LogP contribution is -2.49. The first kappa shape index (κ1) is 16.9. The lowest BCUT2D eigenvalue weighted by molar-refractivity contribution is -0.138. The molecule has 2 saturated heterocycles. The number of aliphatic hydroxyl groups excluding tert-OH is 1. The van der Waals surface area contributed by atoms with Crippen LogP contribution in [0.1, 0.15) is 22.3 Å². The van der Waals surface area contributed by atoms with Gasteiger partial charge in [-0.3, -0.25) is 9.59 Å². The van der Waals surface area contributed by atoms with E-state index < -0.39 is 17.8 Å². The molecule has 2 fully saturated rings. The van der Waals surface area contributed by atoms with Crippen LogP contribution >= 0.6 is 0 Å². The number of nitrogens with one attached hydrogen (secondary N) is 1. The van der Waals surface area contributed by atoms with Crippen molar-refractivity contribution in [3.05, 3.63) is 35.1 Å². The Labute approximate surface area is 139 Å². The van der Waals surface area contributed by atoms with E-state index in [0.717, 1.165) is 6.07 Å². The van der Waals surface area contributed by atoms with Gasteiger partial charge < -0.3 is 20.1 Å². The minimum absolute atomic E-state index is 0.0586. The summed E-state index contributed by atoms with van der Waals surface area (Å²) in [6, 6.07) is 4.05. The number of carbonyl (C=O) groups excluding carboxylic acids is 2. The Kier molecular flexibility index (Phi) is 4.56. The Hall–Kier alpha value is -1.99. The largest absolute Gasteiger partial charge is 0.392 e. The molecule has 0 bridgehead atoms. The number of benzene rings is 1. The minimum atomic E-state index is -0.633. The van der Waals surface area contributed by atoms with Crippen molar-refractivity contribution in [3.63, 3.8) is 0 Å². The molecule has 2 aliphatic rings. The summed E-state index contributed by atoms with van der Waals surface area (Å²) in [4.78, 5) is 26.7. The van der Waals surface area contributed by atoms with Gasteiger partial charge in [-0.2, -0.15) is 0 Å². The van der Waals surface area contributed by atoms with Crippen molar-refractivity contribution in [3.8, 4) is 0 Å². The molecule has 2 atom stereocenters. The lowest BCUT2D eigenvalue weighted by atomic mass is 9.73. The van der Waals surface area contributed by atoms with Gasteiger partial charge in [0.05, 0.1) is 18.6 Å². The molecule has 6 nitrogen and oxygen atoms in total. The van der Waals surface area contributed by atoms with E-state index in [2.05, 4.69) is 5.32 Å². The van der Waals surface area contributed by atoms with E-state index in [-0.39, 0.29) is 28.9 Å². The van der Waals surface area contributed by atoms with E-state index in [4.69, 9.17) is 9.84 Å². The highest BCUT2D eigenvalue weighted by Crippen LogP contribution is 2.42. The fourth-order valence-corrected chi connectivity index (χ4v) is 3.72. The summed E-state index contributed by atoms with van der Waals surface area (Å²) < 4.78 is 19.3. The van der Waals surface area contributed by atoms with Gasteiger partial charge in [0, 0.05) is 43.8 Å². The average molecular weight is 336 g/mol. The molecule has 0 unspecified atom stereocenters. The second-order valence-electron chi connectivity index (χ2n) is 6.41. The molecule has 1 aromatic carbocycles. The van der Waals surface area contributed by atoms with Crippen LogP contribution in [0.5, 0.6) is 0 Å². The Balaban J connectivity index is 1.84. The number of hydrogen-bond donors (Lipinski definition) is 2. The Bertz CT molecular complexity index is 666. The fraction of sp³-hybridized carbons (Fsp3) is 0.529. The van der Waals surface area contributed by atoms with Crippen LogP contribution in [0.3, 0.4) is 0 Å². The Morgan fingerprint density at radius 3 is 2.96 bits per heavy atom. The maximum Gasteiger partial charge on any atom is 0.254 e. The van der Waals surface area contributed by atoms with Crippen LogP contribution in [0.4, 0.5) is 4.39 Å². The first-order valence-electron chi connectivity index (χ1n) is 8.00. The van der Waals surface area contributed by atoms with E-state index in [1.54, 1.807) is 11.9 Å². The van der Waals surface area contributed by atoms with Crippen molar-refractivity contribution < 1.29 is 23.8 Å². The molecule has 0 saturated carbocycles. The molecule has 24 heavy (non-hydrogen) atoms. The quantitative estimate of drug-likeness (QED) is 0.845. The summed E-state index contributed by atoms with van der Waals surface area (Å²) in [5.41, 5.74) is -0.264. The molecule has 0 spiro atoms. The summed E-state index contributed by atoms with van der Waals surface area (Å²) in [5, 5.41) is 11.7. The molecule has 0 aliphatic carbocycles. The van der Waals surface area contributed by atoms with Gasteiger partial charge in [-0.1, -0.05) is 6.07 Å². The number of rotatable bonds is 3. The van der Waals surface area contributed by atoms with Crippen LogP contribution < -0.4 is 5.32 Å². The van der Waals surface area contributed by atoms with Crippen molar-refractivity contribution >= 4 is 11.8 Å². The number of amides is 2. The molecule has 1 aromatic rings. The van der Waals surface area contributed by atoms with Gasteiger partial charge in [-0.05, 0) is 18.6 Å². The number of aliphatic hydroxyl groups is 1. The predicted molar refractivity (Wildman–Crippen MR) is 83.7 cm³/mol. The summed E-state index contributed by atoms with van der Waals surface area (Å²) in [6.45, 7) is 1.24. The van der Waals surface area contributed by atoms with Crippen molar-refractivity contribution in [2.45, 2.75) is 13.0 Å². The van der Waals surface area contributed by atoms with Gasteiger partial charge in [0.2, 0.25) is 5.91 Å². The number of fused-ring (bicyclic) bond motifs is 1. The van der Waals surface area contributed by atoms with Crippen molar-refractivity contribution in [1.29, 1.82) is 0 Å². The molecule has 2 heterocycles. The maximum absolute atomic E-state index is 13.8. The summed E-state index contributed by atoms with van der Waals surface area (Å²) >= 11 is 0. The number of nitrogens with zero attached hydrogens (tertiary/aromatic N) is 1. The van der Waals surface area contributed by atoms with Crippen LogP contribution in [-0.2, 0) is 16.1 Å². The SMILES string of the molecule is CNC(=O)[C@]12CCOC[C@H]1CN(C(=O)c1ccc(CO)c(F)c1)C2. The van der Waals surface area contributed by atoms with Gasteiger partial charge in [0.1, 0.15) is 5.82 Å². The van der Waals surface area contributed by atoms with Crippen molar-refractivity contribution in [1.82, 2.24) is 10.2 Å². The maximum atomic E-state index is 13.8. The molecule has 130 valence electrons. The lowest BCUT2D eigenvalue weighted by Gasteiger charge is -2.36. The number of halogens is 1. The number of hydrogen-bond acceptors (Lipinski definition) is 4. The Morgan fingerprint density at radius 1 is 1.50 bits per heavy atom. The highest BCUT2D eigenvalue weighted by atomic mass is 19.1. The molecule has 2 amide bonds. The highest BCUT2D eigenvalue weighted by molar-refractivity contribution is 5.95. The zero-order chi connectivity index (χ0) is 17.3. The Morgan fingerprint density at radius 2 is 2.29 bits per heavy atom. The second-order valence-corrected chi connectivity index (χ2v) is 6.41. The van der Waals surface area contributed by atoms with Crippen LogP contribution in [0.25, 0.3) is 0 Å². The van der Waals surface area contributed by atoms with E-state index >= 15 is 0 Å². The highest BCUT2D eigenvalue weighted by Gasteiger charge is 2.54. The molecule has 3 rings (SSSR count). The zero-order valence-electron chi connectivity index (χ0n) is 13.5. The molecule has 0 aromatic heterocycles. The van der Waals surface area contributed by atoms with E-state index in [0.29, 0.717) is 32.7 Å². The van der Waals surface area contributed by atoms with Gasteiger partial charge in [0.15, 0.2) is 0 Å². The van der Waals surface area contributed by atoms with Crippen LogP contribution in [0.2, 0.25) is 0 Å². The van der Waals surface area contributed by atoms with E-state index in [1.165, 1.54) is 12.1 Å². The average Bonchev–Trinajstić information content (AvgIpc) is 3.01. The standard InChI is InChI=1S/C17H21FN2O4/c1-19-16(23)17-4-5-24-9-13(17)7-20(10-17)15(22)11-2-3-12(8-21)14(18)6-11/h2-3,6,13,21H,4-5,7-10H2,1H3,(H,19,23)/t13-,17+/m1/s1. The first-order chi connectivity index (χ1) is 11.5. The first-order valence-corrected chi connectivity index (χ1v) is 8.00. The van der Waals surface area contributed by atoms with E-state index in [1.807, 2.05) is 0 Å². The van der Waals surface area contributed by atoms with Crippen LogP contribution in [0.15, 0.2) is 18.2 Å². The number of carbonyl (C=O) groups is 2. The monoisotopic (exact) mass is 336 g/mol. The topological polar surface area (TPSA) is 78.9 Å². The summed E-state index contributed by atoms with van der Waals surface area (Å²) in [6.07, 6.45) is 0.568. The zero-order valence-corrected chi connectivity index (χ0v) is 13.5. The smallest absolute Gasteiger partial charge is 0.254 e. The van der Waals surface area contributed by atoms with Crippen molar-refractivity contribution in [2.75, 3.05) is 33.4 Å². The normalized spacial score (nSPS) is 26.1. The fourth-order valence-electron chi connectivity index (χ4n) is 3.72. The van der Waals surface area contributed by atoms with Gasteiger partial charge in [0.25, 0.3) is 5.91 Å². The summed E-state index contributed by atoms with van der Waals surface area (Å²) in [7, 11) is 1.59. The van der Waals surface area contributed by atoms with Crippen LogP contribution in [0, 0.1) is 17.2 Å². The van der Waals surface area contributed by atoms with Gasteiger partial charge in [-0.15, -0.1) is 0 Å². The third-order valence-corrected chi connectivity index (χ3v) is 5.14. The molecule has 7 heteroatoms. The molecule has 2 aliphatic heterocycles. The number of likely N-dealkylation sites (tertiary alicyclic amines) is 1. The minimum Gasteiger partial charge on any atom is -0.392 e. The third-order valence-electron chi connectivity index (χ3n) is 5.14. The van der Waals surface area contributed by atoms with Crippen molar-refractivity contribution in [2.24, 2.45) is 11.3 Å². The molecular formula is C17H21FN2O4. The molecule has 2 N–H and O–H groups in total. The van der Waals surface area contributed by atoms with E-state index in [9.17, 15) is 14.0 Å². The molecule has 0 radical (unpaired) electrons.